The maximum atomic E-state index is 12.0. The molecule has 1 aromatic heterocycles. The molecule has 5 heteroatoms. The third-order valence-corrected chi connectivity index (χ3v) is 4.33. The van der Waals surface area contributed by atoms with Gasteiger partial charge in [0.15, 0.2) is 0 Å². The van der Waals surface area contributed by atoms with Crippen molar-refractivity contribution in [2.24, 2.45) is 5.92 Å². The number of hydrogen-bond donors (Lipinski definition) is 1. The quantitative estimate of drug-likeness (QED) is 0.860. The molecular weight excluding hydrogens is 282 g/mol. The first-order valence-electron chi connectivity index (χ1n) is 6.09. The van der Waals surface area contributed by atoms with E-state index in [4.69, 9.17) is 0 Å². The highest BCUT2D eigenvalue weighted by Crippen LogP contribution is 2.27. The van der Waals surface area contributed by atoms with Crippen LogP contribution in [0.2, 0.25) is 0 Å². The maximum absolute atomic E-state index is 12.0. The number of amides is 1. The van der Waals surface area contributed by atoms with Crippen LogP contribution in [0.4, 0.5) is 4.79 Å². The Labute approximate surface area is 109 Å². The van der Waals surface area contributed by atoms with Crippen LogP contribution in [0.1, 0.15) is 12.8 Å². The summed E-state index contributed by atoms with van der Waals surface area (Å²) < 4.78 is 2.53. The van der Waals surface area contributed by atoms with Crippen molar-refractivity contribution >= 4 is 22.0 Å². The summed E-state index contributed by atoms with van der Waals surface area (Å²) in [6, 6.07) is 2.18. The number of piperidine rings is 3. The zero-order chi connectivity index (χ0) is 11.8. The molecule has 2 bridgehead atoms. The van der Waals surface area contributed by atoms with Crippen LogP contribution in [0.3, 0.4) is 0 Å². The fourth-order valence-corrected chi connectivity index (χ4v) is 3.20. The Morgan fingerprint density at radius 3 is 2.71 bits per heavy atom. The molecule has 0 unspecified atom stereocenters. The second kappa shape index (κ2) is 4.46. The summed E-state index contributed by atoms with van der Waals surface area (Å²) >= 11 is 3.35. The second-order valence-corrected chi connectivity index (χ2v) is 5.85. The number of carbonyl (C=O) groups is 1. The lowest BCUT2D eigenvalue weighted by molar-refractivity contribution is 0.0767. The molecule has 92 valence electrons. The van der Waals surface area contributed by atoms with E-state index < -0.39 is 0 Å². The van der Waals surface area contributed by atoms with Gasteiger partial charge in [-0.25, -0.2) is 4.79 Å². The number of nitrogens with one attached hydrogen (secondary N) is 1. The summed E-state index contributed by atoms with van der Waals surface area (Å²) in [4.78, 5) is 14.5. The Hall–Kier alpha value is -0.810. The molecule has 4 heterocycles. The van der Waals surface area contributed by atoms with E-state index in [2.05, 4.69) is 26.1 Å². The molecule has 0 saturated carbocycles. The van der Waals surface area contributed by atoms with Gasteiger partial charge in [0, 0.05) is 29.5 Å². The Balaban J connectivity index is 1.65. The minimum Gasteiger partial charge on any atom is -0.333 e. The van der Waals surface area contributed by atoms with E-state index in [9.17, 15) is 4.79 Å². The monoisotopic (exact) mass is 297 g/mol. The van der Waals surface area contributed by atoms with E-state index in [1.807, 2.05) is 6.07 Å². The van der Waals surface area contributed by atoms with Gasteiger partial charge in [0.2, 0.25) is 0 Å². The number of hydrogen-bond acceptors (Lipinski definition) is 2. The number of rotatable bonds is 1. The highest BCUT2D eigenvalue weighted by Gasteiger charge is 2.34. The van der Waals surface area contributed by atoms with Crippen LogP contribution in [0.5, 0.6) is 0 Å². The highest BCUT2D eigenvalue weighted by molar-refractivity contribution is 9.10. The molecule has 3 saturated heterocycles. The van der Waals surface area contributed by atoms with Crippen LogP contribution in [-0.4, -0.2) is 41.2 Å². The van der Waals surface area contributed by atoms with Crippen molar-refractivity contribution in [3.63, 3.8) is 0 Å². The van der Waals surface area contributed by atoms with Gasteiger partial charge in [-0.1, -0.05) is 0 Å². The van der Waals surface area contributed by atoms with Crippen molar-refractivity contribution in [1.82, 2.24) is 14.8 Å². The molecule has 0 aliphatic carbocycles. The number of aromatic nitrogens is 1. The molecule has 1 aromatic rings. The van der Waals surface area contributed by atoms with Gasteiger partial charge in [-0.2, -0.15) is 0 Å². The van der Waals surface area contributed by atoms with Gasteiger partial charge in [-0.15, -0.1) is 0 Å². The average Bonchev–Trinajstić information content (AvgIpc) is 2.77. The minimum absolute atomic E-state index is 0.0190. The zero-order valence-corrected chi connectivity index (χ0v) is 11.2. The van der Waals surface area contributed by atoms with E-state index in [1.54, 1.807) is 17.0 Å². The lowest BCUT2D eigenvalue weighted by Gasteiger charge is -2.44. The van der Waals surface area contributed by atoms with E-state index in [1.165, 1.54) is 25.9 Å². The number of nitrogens with zero attached hydrogens (tertiary/aromatic N) is 2. The van der Waals surface area contributed by atoms with Crippen molar-refractivity contribution < 1.29 is 4.79 Å². The number of fused-ring (bicyclic) bond motifs is 3. The average molecular weight is 298 g/mol. The topological polar surface area (TPSA) is 37.3 Å². The molecule has 17 heavy (non-hydrogen) atoms. The molecule has 4 rings (SSSR count). The summed E-state index contributed by atoms with van der Waals surface area (Å²) in [5.41, 5.74) is 0. The third kappa shape index (κ3) is 2.26. The number of halogens is 1. The van der Waals surface area contributed by atoms with Crippen LogP contribution in [0.25, 0.3) is 0 Å². The van der Waals surface area contributed by atoms with Gasteiger partial charge in [-0.3, -0.25) is 4.57 Å². The molecule has 1 N–H and O–H groups in total. The molecule has 0 radical (unpaired) electrons. The first-order chi connectivity index (χ1) is 8.22. The predicted molar refractivity (Wildman–Crippen MR) is 69.0 cm³/mol. The van der Waals surface area contributed by atoms with Crippen LogP contribution in [0, 0.1) is 5.92 Å². The van der Waals surface area contributed by atoms with Crippen LogP contribution in [0.15, 0.2) is 22.9 Å². The highest BCUT2D eigenvalue weighted by atomic mass is 79.9. The van der Waals surface area contributed by atoms with Crippen molar-refractivity contribution in [1.29, 1.82) is 0 Å². The van der Waals surface area contributed by atoms with Gasteiger partial charge in [0.25, 0.3) is 0 Å². The molecule has 1 amide bonds. The summed E-state index contributed by atoms with van der Waals surface area (Å²) in [5.74, 6) is 0.669. The van der Waals surface area contributed by atoms with Crippen LogP contribution >= 0.6 is 15.9 Å². The Morgan fingerprint density at radius 1 is 1.41 bits per heavy atom. The number of carbonyl (C=O) groups excluding carboxylic acids is 1. The Kier molecular flexibility index (Phi) is 2.96. The normalized spacial score (nSPS) is 31.5. The lowest BCUT2D eigenvalue weighted by Crippen LogP contribution is -2.57. The van der Waals surface area contributed by atoms with Crippen molar-refractivity contribution in [2.45, 2.75) is 18.9 Å². The third-order valence-electron chi connectivity index (χ3n) is 3.86. The van der Waals surface area contributed by atoms with E-state index in [0.717, 1.165) is 11.0 Å². The van der Waals surface area contributed by atoms with Gasteiger partial charge in [0.1, 0.15) is 0 Å². The maximum Gasteiger partial charge on any atom is 0.325 e. The SMILES string of the molecule is O=C(N[C@H]1CN2CCC1CC2)n1ccc(Br)c1. The summed E-state index contributed by atoms with van der Waals surface area (Å²) in [5, 5.41) is 3.14. The first-order valence-corrected chi connectivity index (χ1v) is 6.88. The lowest BCUT2D eigenvalue weighted by atomic mass is 9.84. The van der Waals surface area contributed by atoms with Crippen LogP contribution in [-0.2, 0) is 0 Å². The molecule has 4 nitrogen and oxygen atoms in total. The largest absolute Gasteiger partial charge is 0.333 e. The zero-order valence-electron chi connectivity index (χ0n) is 9.60. The molecule has 3 aliphatic heterocycles. The standard InChI is InChI=1S/C12H16BrN3O/c13-10-3-6-16(7-10)12(17)14-11-8-15-4-1-9(11)2-5-15/h3,6-7,9,11H,1-2,4-5,8H2,(H,14,17)/t11-/m0/s1. The van der Waals surface area contributed by atoms with E-state index in [0.29, 0.717) is 12.0 Å². The van der Waals surface area contributed by atoms with Gasteiger partial charge in [-0.05, 0) is 53.8 Å². The Morgan fingerprint density at radius 2 is 2.18 bits per heavy atom. The van der Waals surface area contributed by atoms with E-state index >= 15 is 0 Å². The van der Waals surface area contributed by atoms with Gasteiger partial charge >= 0.3 is 6.03 Å². The van der Waals surface area contributed by atoms with E-state index in [-0.39, 0.29) is 6.03 Å². The fourth-order valence-electron chi connectivity index (χ4n) is 2.86. The molecular formula is C12H16BrN3O. The van der Waals surface area contributed by atoms with Gasteiger partial charge < -0.3 is 10.2 Å². The second-order valence-electron chi connectivity index (χ2n) is 4.93. The first kappa shape index (κ1) is 11.3. The molecule has 0 spiro atoms. The fraction of sp³-hybridized carbons (Fsp3) is 0.583. The molecule has 0 aromatic carbocycles. The van der Waals surface area contributed by atoms with Crippen molar-refractivity contribution in [3.05, 3.63) is 22.9 Å². The molecule has 3 aliphatic rings. The summed E-state index contributed by atoms with van der Waals surface area (Å²) in [7, 11) is 0. The molecule has 3 fully saturated rings. The van der Waals surface area contributed by atoms with Crippen LogP contribution < -0.4 is 5.32 Å². The smallest absolute Gasteiger partial charge is 0.325 e. The minimum atomic E-state index is -0.0190. The van der Waals surface area contributed by atoms with Crippen molar-refractivity contribution in [3.8, 4) is 0 Å². The Bertz CT molecular complexity index is 423. The summed E-state index contributed by atoms with van der Waals surface area (Å²) in [6.07, 6.45) is 6.01. The van der Waals surface area contributed by atoms with Crippen molar-refractivity contribution in [2.75, 3.05) is 19.6 Å². The van der Waals surface area contributed by atoms with Gasteiger partial charge in [0.05, 0.1) is 0 Å². The predicted octanol–water partition coefficient (Wildman–Crippen LogP) is 1.90. The molecule has 1 atom stereocenters. The summed E-state index contributed by atoms with van der Waals surface area (Å²) in [6.45, 7) is 3.41.